The number of nitrogens with zero attached hydrogens (tertiary/aromatic N) is 1. The summed E-state index contributed by atoms with van der Waals surface area (Å²) in [4.78, 5) is 0. The van der Waals surface area contributed by atoms with Gasteiger partial charge in [-0.1, -0.05) is 45.0 Å². The van der Waals surface area contributed by atoms with Gasteiger partial charge in [0, 0.05) is 22.7 Å². The van der Waals surface area contributed by atoms with Crippen molar-refractivity contribution in [3.8, 4) is 0 Å². The second-order valence-electron chi connectivity index (χ2n) is 6.09. The molecule has 0 aromatic heterocycles. The van der Waals surface area contributed by atoms with Crippen LogP contribution in [0.3, 0.4) is 0 Å². The van der Waals surface area contributed by atoms with Crippen molar-refractivity contribution in [1.29, 1.82) is 0 Å². The molecule has 0 aliphatic rings. The molecule has 2 N–H and O–H groups in total. The highest BCUT2D eigenvalue weighted by Gasteiger charge is 2.24. The smallest absolute Gasteiger partial charge is 0.0714 e. The van der Waals surface area contributed by atoms with Gasteiger partial charge in [-0.2, -0.15) is 0 Å². The molecule has 0 saturated heterocycles. The van der Waals surface area contributed by atoms with Crippen LogP contribution in [0.4, 0.5) is 0 Å². The minimum absolute atomic E-state index is 0.0975. The third kappa shape index (κ3) is 4.47. The number of aliphatic hydroxyl groups excluding tert-OH is 1. The van der Waals surface area contributed by atoms with Crippen LogP contribution in [-0.4, -0.2) is 22.0 Å². The van der Waals surface area contributed by atoms with E-state index < -0.39 is 0 Å². The molecule has 0 aliphatic heterocycles. The lowest BCUT2D eigenvalue weighted by Crippen LogP contribution is -2.28. The van der Waals surface area contributed by atoms with Gasteiger partial charge < -0.3 is 5.11 Å². The highest BCUT2D eigenvalue weighted by atomic mass is 35.5. The Morgan fingerprint density at radius 1 is 1.33 bits per heavy atom. The van der Waals surface area contributed by atoms with Gasteiger partial charge in [0.05, 0.1) is 6.54 Å². The van der Waals surface area contributed by atoms with E-state index in [0.29, 0.717) is 23.7 Å². The van der Waals surface area contributed by atoms with Crippen LogP contribution in [0.1, 0.15) is 43.9 Å². The van der Waals surface area contributed by atoms with E-state index >= 15 is 0 Å². The van der Waals surface area contributed by atoms with E-state index in [1.165, 1.54) is 5.06 Å². The maximum absolute atomic E-state index is 10.3. The van der Waals surface area contributed by atoms with Gasteiger partial charge in [-0.05, 0) is 42.5 Å². The molecule has 21 heavy (non-hydrogen) atoms. The van der Waals surface area contributed by atoms with Crippen molar-refractivity contribution < 1.29 is 10.3 Å². The quantitative estimate of drug-likeness (QED) is 0.737. The summed E-state index contributed by atoms with van der Waals surface area (Å²) in [5.41, 5.74) is 3.44. The monoisotopic (exact) mass is 311 g/mol. The fourth-order valence-electron chi connectivity index (χ4n) is 2.09. The molecule has 0 saturated carbocycles. The van der Waals surface area contributed by atoms with Crippen LogP contribution in [0.15, 0.2) is 24.4 Å². The summed E-state index contributed by atoms with van der Waals surface area (Å²) in [5.74, 6) is 0. The molecule has 0 unspecified atom stereocenters. The minimum Gasteiger partial charge on any atom is -0.396 e. The van der Waals surface area contributed by atoms with Gasteiger partial charge in [-0.25, -0.2) is 0 Å². The average molecular weight is 312 g/mol. The summed E-state index contributed by atoms with van der Waals surface area (Å²) in [7, 11) is 0. The van der Waals surface area contributed by atoms with Gasteiger partial charge in [-0.3, -0.25) is 10.3 Å². The zero-order chi connectivity index (χ0) is 16.2. The number of aryl methyl sites for hydroxylation is 1. The molecule has 1 aromatic carbocycles. The lowest BCUT2D eigenvalue weighted by Gasteiger charge is -2.32. The average Bonchev–Trinajstić information content (AvgIpc) is 2.43. The Hall–Kier alpha value is -1.03. The molecule has 0 aliphatic carbocycles. The van der Waals surface area contributed by atoms with Gasteiger partial charge in [0.25, 0.3) is 0 Å². The van der Waals surface area contributed by atoms with E-state index in [0.717, 1.165) is 23.1 Å². The lowest BCUT2D eigenvalue weighted by atomic mass is 9.86. The Morgan fingerprint density at radius 2 is 1.95 bits per heavy atom. The number of allylic oxidation sites excluding steroid dienone is 1. The molecule has 4 heteroatoms. The molecule has 0 heterocycles. The normalized spacial score (nSPS) is 11.6. The number of benzene rings is 1. The fourth-order valence-corrected chi connectivity index (χ4v) is 2.37. The largest absolute Gasteiger partial charge is 0.396 e. The van der Waals surface area contributed by atoms with Crippen molar-refractivity contribution in [2.45, 2.75) is 47.1 Å². The molecule has 0 radical (unpaired) electrons. The Kier molecular flexibility index (Phi) is 6.26. The third-order valence-electron chi connectivity index (χ3n) is 4.18. The molecular formula is C17H26ClNO2. The molecule has 0 bridgehead atoms. The van der Waals surface area contributed by atoms with E-state index in [1.54, 1.807) is 0 Å². The maximum Gasteiger partial charge on any atom is 0.0714 e. The highest BCUT2D eigenvalue weighted by molar-refractivity contribution is 6.31. The maximum atomic E-state index is 10.3. The van der Waals surface area contributed by atoms with Gasteiger partial charge >= 0.3 is 0 Å². The van der Waals surface area contributed by atoms with Crippen LogP contribution >= 0.6 is 11.6 Å². The second-order valence-corrected chi connectivity index (χ2v) is 6.49. The Morgan fingerprint density at radius 3 is 2.48 bits per heavy atom. The van der Waals surface area contributed by atoms with E-state index in [4.69, 9.17) is 16.7 Å². The van der Waals surface area contributed by atoms with E-state index in [9.17, 15) is 5.21 Å². The number of halogens is 1. The summed E-state index contributed by atoms with van der Waals surface area (Å²) in [6, 6.07) is 3.83. The molecule has 0 amide bonds. The van der Waals surface area contributed by atoms with Crippen molar-refractivity contribution in [3.63, 3.8) is 0 Å². The molecule has 0 atom stereocenters. The van der Waals surface area contributed by atoms with E-state index in [1.807, 2.05) is 32.9 Å². The molecule has 0 spiro atoms. The Bertz CT molecular complexity index is 512. The lowest BCUT2D eigenvalue weighted by molar-refractivity contribution is -0.0810. The summed E-state index contributed by atoms with van der Waals surface area (Å²) < 4.78 is 0. The number of hydrogen-bond donors (Lipinski definition) is 2. The van der Waals surface area contributed by atoms with Crippen molar-refractivity contribution in [2.75, 3.05) is 6.61 Å². The summed E-state index contributed by atoms with van der Waals surface area (Å²) >= 11 is 6.27. The number of rotatable bonds is 7. The molecule has 1 rings (SSSR count). The number of hydrogen-bond acceptors (Lipinski definition) is 3. The first-order valence-electron chi connectivity index (χ1n) is 7.27. The van der Waals surface area contributed by atoms with Gasteiger partial charge in [0.2, 0.25) is 0 Å². The Labute approximate surface area is 132 Å². The fraction of sp³-hybridized carbons (Fsp3) is 0.529. The van der Waals surface area contributed by atoms with Crippen LogP contribution in [0, 0.1) is 12.3 Å². The predicted molar refractivity (Wildman–Crippen MR) is 87.5 cm³/mol. The molecule has 0 fully saturated rings. The number of aliphatic hydroxyl groups is 1. The highest BCUT2D eigenvalue weighted by Crippen LogP contribution is 2.32. The predicted octanol–water partition coefficient (Wildman–Crippen LogP) is 4.32. The van der Waals surface area contributed by atoms with Crippen molar-refractivity contribution >= 4 is 11.6 Å². The molecule has 3 nitrogen and oxygen atoms in total. The van der Waals surface area contributed by atoms with Gasteiger partial charge in [-0.15, -0.1) is 0 Å². The molecule has 118 valence electrons. The van der Waals surface area contributed by atoms with Crippen LogP contribution in [0.2, 0.25) is 5.02 Å². The minimum atomic E-state index is -0.167. The van der Waals surface area contributed by atoms with Crippen molar-refractivity contribution in [1.82, 2.24) is 5.06 Å². The zero-order valence-electron chi connectivity index (χ0n) is 13.4. The van der Waals surface area contributed by atoms with Gasteiger partial charge in [0.15, 0.2) is 0 Å². The SMILES string of the molecule is C=C(N(O)Cc1cc(CCO)c(C)cc1Cl)C(C)(C)CC. The zero-order valence-corrected chi connectivity index (χ0v) is 14.2. The van der Waals surface area contributed by atoms with Crippen LogP contribution in [-0.2, 0) is 13.0 Å². The van der Waals surface area contributed by atoms with E-state index in [2.05, 4.69) is 13.5 Å². The summed E-state index contributed by atoms with van der Waals surface area (Å²) in [6.45, 7) is 12.5. The summed E-state index contributed by atoms with van der Waals surface area (Å²) in [5, 5.41) is 21.2. The van der Waals surface area contributed by atoms with Crippen molar-refractivity contribution in [2.24, 2.45) is 5.41 Å². The third-order valence-corrected chi connectivity index (χ3v) is 4.53. The first-order chi connectivity index (χ1) is 9.72. The standard InChI is InChI=1S/C17H26ClNO2/c1-6-17(4,5)13(3)19(21)11-15-10-14(7-8-20)12(2)9-16(15)18/h9-10,20-21H,3,6-8,11H2,1-2,4-5H3. The summed E-state index contributed by atoms with van der Waals surface area (Å²) in [6.07, 6.45) is 1.48. The topological polar surface area (TPSA) is 43.7 Å². The first-order valence-corrected chi connectivity index (χ1v) is 7.65. The van der Waals surface area contributed by atoms with Crippen LogP contribution in [0.5, 0.6) is 0 Å². The van der Waals surface area contributed by atoms with Crippen molar-refractivity contribution in [3.05, 3.63) is 46.1 Å². The second kappa shape index (κ2) is 7.30. The van der Waals surface area contributed by atoms with Crippen LogP contribution in [0.25, 0.3) is 0 Å². The Balaban J connectivity index is 2.97. The first kappa shape index (κ1) is 18.0. The van der Waals surface area contributed by atoms with Gasteiger partial charge in [0.1, 0.15) is 0 Å². The van der Waals surface area contributed by atoms with E-state index in [-0.39, 0.29) is 12.0 Å². The number of hydroxylamine groups is 2. The van der Waals surface area contributed by atoms with Crippen LogP contribution < -0.4 is 0 Å². The molecule has 1 aromatic rings. The molecular weight excluding hydrogens is 286 g/mol.